The third-order valence-electron chi connectivity index (χ3n) is 4.70. The number of carbonyl (C=O) groups is 1. The molecule has 2 aliphatic carbocycles. The van der Waals surface area contributed by atoms with E-state index in [1.807, 2.05) is 17.3 Å². The smallest absolute Gasteiger partial charge is 0.226 e. The summed E-state index contributed by atoms with van der Waals surface area (Å²) in [6.07, 6.45) is 5.13. The minimum absolute atomic E-state index is 0.314. The van der Waals surface area contributed by atoms with Crippen molar-refractivity contribution in [3.8, 4) is 11.8 Å². The van der Waals surface area contributed by atoms with Gasteiger partial charge in [-0.25, -0.2) is 0 Å². The van der Waals surface area contributed by atoms with Crippen molar-refractivity contribution in [3.05, 3.63) is 21.9 Å². The molecule has 2 N–H and O–H groups in total. The topological polar surface area (TPSA) is 46.3 Å². The van der Waals surface area contributed by atoms with Crippen LogP contribution in [0.15, 0.2) is 11.4 Å². The number of fused-ring (bicyclic) bond motifs is 1. The van der Waals surface area contributed by atoms with Gasteiger partial charge in [0, 0.05) is 28.8 Å². The van der Waals surface area contributed by atoms with Gasteiger partial charge in [-0.1, -0.05) is 24.7 Å². The molecule has 1 aromatic rings. The average Bonchev–Trinajstić information content (AvgIpc) is 3.06. The van der Waals surface area contributed by atoms with Gasteiger partial charge in [0.1, 0.15) is 0 Å². The van der Waals surface area contributed by atoms with Gasteiger partial charge in [-0.05, 0) is 30.7 Å². The van der Waals surface area contributed by atoms with E-state index in [-0.39, 0.29) is 0 Å². The summed E-state index contributed by atoms with van der Waals surface area (Å²) in [6.45, 7) is 1.08. The van der Waals surface area contributed by atoms with Gasteiger partial charge in [-0.2, -0.15) is 0 Å². The van der Waals surface area contributed by atoms with E-state index in [4.69, 9.17) is 5.73 Å². The predicted molar refractivity (Wildman–Crippen MR) is 85.7 cm³/mol. The summed E-state index contributed by atoms with van der Waals surface area (Å²) < 4.78 is 0. The van der Waals surface area contributed by atoms with Gasteiger partial charge in [-0.15, -0.1) is 11.3 Å². The summed E-state index contributed by atoms with van der Waals surface area (Å²) in [5.74, 6) is 7.92. The van der Waals surface area contributed by atoms with Crippen molar-refractivity contribution in [2.45, 2.75) is 32.2 Å². The molecule has 0 aliphatic heterocycles. The molecule has 2 aliphatic rings. The van der Waals surface area contributed by atoms with Gasteiger partial charge in [0.25, 0.3) is 0 Å². The van der Waals surface area contributed by atoms with Gasteiger partial charge >= 0.3 is 0 Å². The number of hydrogen-bond donors (Lipinski definition) is 1. The van der Waals surface area contributed by atoms with Crippen LogP contribution < -0.4 is 5.73 Å². The number of thiophene rings is 1. The fourth-order valence-electron chi connectivity index (χ4n) is 3.61. The van der Waals surface area contributed by atoms with E-state index in [9.17, 15) is 4.79 Å². The normalized spacial score (nSPS) is 26.5. The molecule has 1 aromatic heterocycles. The van der Waals surface area contributed by atoms with Crippen LogP contribution in [0.2, 0.25) is 0 Å². The van der Waals surface area contributed by atoms with Crippen molar-refractivity contribution >= 4 is 17.2 Å². The summed E-state index contributed by atoms with van der Waals surface area (Å²) in [7, 11) is 1.93. The molecule has 2 saturated carbocycles. The molecule has 112 valence electrons. The molecular weight excluding hydrogens is 280 g/mol. The van der Waals surface area contributed by atoms with Crippen LogP contribution >= 0.6 is 11.3 Å². The van der Waals surface area contributed by atoms with Gasteiger partial charge in [0.15, 0.2) is 0 Å². The quantitative estimate of drug-likeness (QED) is 0.872. The van der Waals surface area contributed by atoms with Crippen LogP contribution in [0.5, 0.6) is 0 Å². The maximum absolute atomic E-state index is 12.5. The van der Waals surface area contributed by atoms with E-state index in [2.05, 4.69) is 17.9 Å². The Labute approximate surface area is 130 Å². The number of amides is 1. The Morgan fingerprint density at radius 2 is 2.14 bits per heavy atom. The van der Waals surface area contributed by atoms with Crippen LogP contribution in [0, 0.1) is 29.6 Å². The fourth-order valence-corrected chi connectivity index (χ4v) is 4.48. The van der Waals surface area contributed by atoms with Gasteiger partial charge < -0.3 is 10.6 Å². The molecule has 0 aromatic carbocycles. The maximum atomic E-state index is 12.5. The lowest BCUT2D eigenvalue weighted by molar-refractivity contribution is -0.132. The third-order valence-corrected chi connectivity index (χ3v) is 5.62. The molecule has 2 fully saturated rings. The molecule has 2 atom stereocenters. The van der Waals surface area contributed by atoms with E-state index in [1.54, 1.807) is 11.3 Å². The molecule has 3 rings (SSSR count). The second-order valence-electron chi connectivity index (χ2n) is 6.14. The van der Waals surface area contributed by atoms with Crippen LogP contribution in [0.1, 0.15) is 36.1 Å². The molecule has 1 amide bonds. The summed E-state index contributed by atoms with van der Waals surface area (Å²) in [5, 5.41) is 2.03. The lowest BCUT2D eigenvalue weighted by atomic mass is 10.0. The molecule has 4 heteroatoms. The van der Waals surface area contributed by atoms with Gasteiger partial charge in [-0.3, -0.25) is 4.79 Å². The Morgan fingerprint density at radius 1 is 1.43 bits per heavy atom. The standard InChI is InChI=1S/C17H22N2OS/c1-19(10-13-9-12(11-21-13)5-4-8-18)17(20)16-14-6-2-3-7-15(14)16/h9,11,14-16H,2-3,6-8,10,18H2,1H3. The van der Waals surface area contributed by atoms with Crippen LogP contribution in [0.3, 0.4) is 0 Å². The molecule has 0 bridgehead atoms. The molecule has 0 saturated heterocycles. The number of rotatable bonds is 3. The number of hydrogen-bond acceptors (Lipinski definition) is 3. The Balaban J connectivity index is 1.57. The van der Waals surface area contributed by atoms with Gasteiger partial charge in [0.2, 0.25) is 5.91 Å². The minimum atomic E-state index is 0.314. The van der Waals surface area contributed by atoms with E-state index in [0.29, 0.717) is 36.8 Å². The minimum Gasteiger partial charge on any atom is -0.340 e. The highest BCUT2D eigenvalue weighted by Crippen LogP contribution is 2.56. The van der Waals surface area contributed by atoms with E-state index < -0.39 is 0 Å². The zero-order valence-corrected chi connectivity index (χ0v) is 13.3. The zero-order valence-electron chi connectivity index (χ0n) is 12.5. The summed E-state index contributed by atoms with van der Waals surface area (Å²) in [6, 6.07) is 2.07. The fraction of sp³-hybridized carbons (Fsp3) is 0.588. The van der Waals surface area contributed by atoms with E-state index in [0.717, 1.165) is 5.56 Å². The lowest BCUT2D eigenvalue weighted by Crippen LogP contribution is -2.28. The lowest BCUT2D eigenvalue weighted by Gasteiger charge is -2.16. The molecule has 1 heterocycles. The first-order chi connectivity index (χ1) is 10.2. The maximum Gasteiger partial charge on any atom is 0.226 e. The van der Waals surface area contributed by atoms with E-state index >= 15 is 0 Å². The van der Waals surface area contributed by atoms with Crippen molar-refractivity contribution in [1.82, 2.24) is 4.90 Å². The van der Waals surface area contributed by atoms with Crippen molar-refractivity contribution in [1.29, 1.82) is 0 Å². The first-order valence-electron chi connectivity index (χ1n) is 7.72. The largest absolute Gasteiger partial charge is 0.340 e. The summed E-state index contributed by atoms with van der Waals surface area (Å²) >= 11 is 1.67. The van der Waals surface area contributed by atoms with Crippen LogP contribution in [0.4, 0.5) is 0 Å². The molecule has 3 nitrogen and oxygen atoms in total. The van der Waals surface area contributed by atoms with Crippen molar-refractivity contribution in [3.63, 3.8) is 0 Å². The van der Waals surface area contributed by atoms with Crippen molar-refractivity contribution in [2.24, 2.45) is 23.5 Å². The Kier molecular flexibility index (Phi) is 4.32. The van der Waals surface area contributed by atoms with E-state index in [1.165, 1.54) is 30.6 Å². The second-order valence-corrected chi connectivity index (χ2v) is 7.14. The highest BCUT2D eigenvalue weighted by Gasteiger charge is 2.55. The summed E-state index contributed by atoms with van der Waals surface area (Å²) in [4.78, 5) is 15.6. The second kappa shape index (κ2) is 6.21. The van der Waals surface area contributed by atoms with Crippen molar-refractivity contribution < 1.29 is 4.79 Å². The predicted octanol–water partition coefficient (Wildman–Crippen LogP) is 2.45. The molecule has 0 radical (unpaired) electrons. The first-order valence-corrected chi connectivity index (χ1v) is 8.60. The first kappa shape index (κ1) is 14.6. The molecule has 21 heavy (non-hydrogen) atoms. The van der Waals surface area contributed by atoms with Gasteiger partial charge in [0.05, 0.1) is 13.1 Å². The Bertz CT molecular complexity index is 571. The molecule has 2 unspecified atom stereocenters. The van der Waals surface area contributed by atoms with Crippen LogP contribution in [-0.2, 0) is 11.3 Å². The molecular formula is C17H22N2OS. The average molecular weight is 302 g/mol. The monoisotopic (exact) mass is 302 g/mol. The Morgan fingerprint density at radius 3 is 2.81 bits per heavy atom. The number of carbonyl (C=O) groups excluding carboxylic acids is 1. The number of nitrogens with zero attached hydrogens (tertiary/aromatic N) is 1. The number of nitrogens with two attached hydrogens (primary N) is 1. The Hall–Kier alpha value is -1.31. The SMILES string of the molecule is CN(Cc1cc(C#CCN)cs1)C(=O)C1C2CCCCC21. The highest BCUT2D eigenvalue weighted by molar-refractivity contribution is 7.10. The summed E-state index contributed by atoms with van der Waals surface area (Å²) in [5.41, 5.74) is 6.38. The highest BCUT2D eigenvalue weighted by atomic mass is 32.1. The third kappa shape index (κ3) is 3.14. The van der Waals surface area contributed by atoms with Crippen molar-refractivity contribution in [2.75, 3.05) is 13.6 Å². The van der Waals surface area contributed by atoms with Crippen LogP contribution in [-0.4, -0.2) is 24.4 Å². The molecule has 0 spiro atoms. The van der Waals surface area contributed by atoms with Crippen LogP contribution in [0.25, 0.3) is 0 Å². The zero-order chi connectivity index (χ0) is 14.8.